The SMILES string of the molecule is NC(CO)Cc1ccc(Br)cn1. The molecular weight excluding hydrogens is 220 g/mol. The lowest BCUT2D eigenvalue weighted by atomic mass is 10.2. The number of aromatic nitrogens is 1. The molecule has 0 aliphatic heterocycles. The molecule has 0 aliphatic carbocycles. The third-order valence-corrected chi connectivity index (χ3v) is 1.96. The normalized spacial score (nSPS) is 12.9. The van der Waals surface area contributed by atoms with Crippen LogP contribution in [0.5, 0.6) is 0 Å². The second-order valence-electron chi connectivity index (χ2n) is 2.61. The molecule has 1 atom stereocenters. The number of hydrogen-bond donors (Lipinski definition) is 2. The number of aliphatic hydroxyl groups excluding tert-OH is 1. The molecule has 3 nitrogen and oxygen atoms in total. The molecule has 0 fully saturated rings. The minimum absolute atomic E-state index is 0.00224. The van der Waals surface area contributed by atoms with E-state index < -0.39 is 0 Å². The van der Waals surface area contributed by atoms with Gasteiger partial charge in [0.1, 0.15) is 0 Å². The Kier molecular flexibility index (Phi) is 3.65. The van der Waals surface area contributed by atoms with Crippen molar-refractivity contribution in [2.45, 2.75) is 12.5 Å². The van der Waals surface area contributed by atoms with Crippen molar-refractivity contribution >= 4 is 15.9 Å². The number of nitrogens with two attached hydrogens (primary N) is 1. The van der Waals surface area contributed by atoms with E-state index in [1.54, 1.807) is 6.20 Å². The third-order valence-electron chi connectivity index (χ3n) is 1.49. The van der Waals surface area contributed by atoms with E-state index in [9.17, 15) is 0 Å². The number of pyridine rings is 1. The van der Waals surface area contributed by atoms with E-state index >= 15 is 0 Å². The Hall–Kier alpha value is -0.450. The highest BCUT2D eigenvalue weighted by Gasteiger charge is 2.02. The van der Waals surface area contributed by atoms with E-state index in [4.69, 9.17) is 10.8 Å². The molecule has 1 heterocycles. The molecule has 12 heavy (non-hydrogen) atoms. The Morgan fingerprint density at radius 2 is 2.33 bits per heavy atom. The predicted octanol–water partition coefficient (Wildman–Crippen LogP) is 0.706. The molecule has 4 heteroatoms. The first-order chi connectivity index (χ1) is 5.72. The van der Waals surface area contributed by atoms with E-state index in [1.807, 2.05) is 12.1 Å². The van der Waals surface area contributed by atoms with Gasteiger partial charge in [-0.3, -0.25) is 4.98 Å². The Labute approximate surface area is 79.7 Å². The zero-order valence-electron chi connectivity index (χ0n) is 6.57. The second-order valence-corrected chi connectivity index (χ2v) is 3.53. The molecule has 1 aromatic rings. The lowest BCUT2D eigenvalue weighted by Crippen LogP contribution is -2.27. The van der Waals surface area contributed by atoms with E-state index in [0.29, 0.717) is 6.42 Å². The first-order valence-corrected chi connectivity index (χ1v) is 4.48. The minimum atomic E-state index is -0.210. The summed E-state index contributed by atoms with van der Waals surface area (Å²) in [5.74, 6) is 0. The highest BCUT2D eigenvalue weighted by molar-refractivity contribution is 9.10. The zero-order valence-corrected chi connectivity index (χ0v) is 8.16. The average molecular weight is 231 g/mol. The van der Waals surface area contributed by atoms with Gasteiger partial charge in [0.2, 0.25) is 0 Å². The summed E-state index contributed by atoms with van der Waals surface area (Å²) in [5, 5.41) is 8.69. The summed E-state index contributed by atoms with van der Waals surface area (Å²) >= 11 is 3.29. The fourth-order valence-electron chi connectivity index (χ4n) is 0.860. The van der Waals surface area contributed by atoms with Gasteiger partial charge in [0, 0.05) is 28.8 Å². The molecule has 0 spiro atoms. The molecule has 66 valence electrons. The van der Waals surface area contributed by atoms with Gasteiger partial charge in [-0.2, -0.15) is 0 Å². The Morgan fingerprint density at radius 3 is 2.83 bits per heavy atom. The molecule has 0 saturated carbocycles. The summed E-state index contributed by atoms with van der Waals surface area (Å²) in [5.41, 5.74) is 6.44. The molecule has 0 amide bonds. The van der Waals surface area contributed by atoms with Crippen LogP contribution < -0.4 is 5.73 Å². The fourth-order valence-corrected chi connectivity index (χ4v) is 1.09. The number of halogens is 1. The van der Waals surface area contributed by atoms with Crippen molar-refractivity contribution in [3.63, 3.8) is 0 Å². The number of hydrogen-bond acceptors (Lipinski definition) is 3. The van der Waals surface area contributed by atoms with Crippen molar-refractivity contribution in [3.8, 4) is 0 Å². The van der Waals surface area contributed by atoms with Crippen LogP contribution in [0.15, 0.2) is 22.8 Å². The Morgan fingerprint density at radius 1 is 1.58 bits per heavy atom. The van der Waals surface area contributed by atoms with Crippen LogP contribution in [0.2, 0.25) is 0 Å². The highest BCUT2D eigenvalue weighted by Crippen LogP contribution is 2.08. The zero-order chi connectivity index (χ0) is 8.97. The van der Waals surface area contributed by atoms with Crippen LogP contribution in [0, 0.1) is 0 Å². The summed E-state index contributed by atoms with van der Waals surface area (Å²) in [4.78, 5) is 4.13. The third kappa shape index (κ3) is 2.89. The molecule has 0 bridgehead atoms. The molecular formula is C8H11BrN2O. The van der Waals surface area contributed by atoms with Crippen molar-refractivity contribution in [2.24, 2.45) is 5.73 Å². The first kappa shape index (κ1) is 9.64. The van der Waals surface area contributed by atoms with Gasteiger partial charge in [0.15, 0.2) is 0 Å². The van der Waals surface area contributed by atoms with Gasteiger partial charge in [0.05, 0.1) is 6.61 Å². The topological polar surface area (TPSA) is 59.1 Å². The van der Waals surface area contributed by atoms with Crippen LogP contribution in [0.4, 0.5) is 0 Å². The summed E-state index contributed by atoms with van der Waals surface area (Å²) in [7, 11) is 0. The minimum Gasteiger partial charge on any atom is -0.395 e. The van der Waals surface area contributed by atoms with Gasteiger partial charge in [-0.15, -0.1) is 0 Å². The van der Waals surface area contributed by atoms with Gasteiger partial charge >= 0.3 is 0 Å². The quantitative estimate of drug-likeness (QED) is 0.805. The van der Waals surface area contributed by atoms with Crippen molar-refractivity contribution in [2.75, 3.05) is 6.61 Å². The predicted molar refractivity (Wildman–Crippen MR) is 50.7 cm³/mol. The monoisotopic (exact) mass is 230 g/mol. The van der Waals surface area contributed by atoms with Crippen LogP contribution in [-0.4, -0.2) is 22.7 Å². The lowest BCUT2D eigenvalue weighted by molar-refractivity contribution is 0.264. The molecule has 0 aliphatic rings. The van der Waals surface area contributed by atoms with Crippen molar-refractivity contribution in [1.82, 2.24) is 4.98 Å². The van der Waals surface area contributed by atoms with Crippen LogP contribution in [0.1, 0.15) is 5.69 Å². The Balaban J connectivity index is 2.58. The van der Waals surface area contributed by atoms with Crippen molar-refractivity contribution in [1.29, 1.82) is 0 Å². The van der Waals surface area contributed by atoms with E-state index in [-0.39, 0.29) is 12.6 Å². The smallest absolute Gasteiger partial charge is 0.0586 e. The fraction of sp³-hybridized carbons (Fsp3) is 0.375. The summed E-state index contributed by atoms with van der Waals surface area (Å²) in [6.07, 6.45) is 2.34. The van der Waals surface area contributed by atoms with E-state index in [0.717, 1.165) is 10.2 Å². The van der Waals surface area contributed by atoms with Crippen LogP contribution in [0.25, 0.3) is 0 Å². The molecule has 1 aromatic heterocycles. The largest absolute Gasteiger partial charge is 0.395 e. The maximum Gasteiger partial charge on any atom is 0.0586 e. The molecule has 0 saturated heterocycles. The Bertz CT molecular complexity index is 237. The van der Waals surface area contributed by atoms with E-state index in [2.05, 4.69) is 20.9 Å². The lowest BCUT2D eigenvalue weighted by Gasteiger charge is -2.06. The van der Waals surface area contributed by atoms with Crippen molar-refractivity contribution in [3.05, 3.63) is 28.5 Å². The van der Waals surface area contributed by atoms with Gasteiger partial charge < -0.3 is 10.8 Å². The summed E-state index contributed by atoms with van der Waals surface area (Å²) in [6.45, 7) is -0.00224. The summed E-state index contributed by atoms with van der Waals surface area (Å²) < 4.78 is 0.948. The van der Waals surface area contributed by atoms with Gasteiger partial charge in [-0.1, -0.05) is 0 Å². The number of aliphatic hydroxyl groups is 1. The van der Waals surface area contributed by atoms with Crippen LogP contribution in [-0.2, 0) is 6.42 Å². The molecule has 3 N–H and O–H groups in total. The number of nitrogens with zero attached hydrogens (tertiary/aromatic N) is 1. The first-order valence-electron chi connectivity index (χ1n) is 3.69. The second kappa shape index (κ2) is 4.54. The van der Waals surface area contributed by atoms with Gasteiger partial charge in [-0.25, -0.2) is 0 Å². The van der Waals surface area contributed by atoms with Crippen LogP contribution in [0.3, 0.4) is 0 Å². The number of rotatable bonds is 3. The van der Waals surface area contributed by atoms with E-state index in [1.165, 1.54) is 0 Å². The molecule has 1 rings (SSSR count). The summed E-state index contributed by atoms with van der Waals surface area (Å²) in [6, 6.07) is 3.59. The van der Waals surface area contributed by atoms with Crippen LogP contribution >= 0.6 is 15.9 Å². The maximum atomic E-state index is 8.69. The molecule has 0 radical (unpaired) electrons. The average Bonchev–Trinajstić information content (AvgIpc) is 2.09. The standard InChI is InChI=1S/C8H11BrN2O/c9-6-1-2-8(11-4-6)3-7(10)5-12/h1-2,4,7,12H,3,5,10H2. The van der Waals surface area contributed by atoms with Gasteiger partial charge in [-0.05, 0) is 28.1 Å². The maximum absolute atomic E-state index is 8.69. The molecule has 1 unspecified atom stereocenters. The molecule has 0 aromatic carbocycles. The van der Waals surface area contributed by atoms with Crippen molar-refractivity contribution < 1.29 is 5.11 Å². The van der Waals surface area contributed by atoms with Gasteiger partial charge in [0.25, 0.3) is 0 Å². The highest BCUT2D eigenvalue weighted by atomic mass is 79.9.